The normalized spacial score (nSPS) is 13.3. The molecule has 2 nitrogen and oxygen atoms in total. The molecule has 0 atom stereocenters. The SMILES string of the molecule is FC(F)(F)c1cc([B-](c2cc(C(F)(F)F)cc(C(F)(F)F)c2)(c2cc(C(F)(F)F)cc(C(F)(F)F)c2)c2cc(C(F)(F)F)cc(C(F)(F)F)c2)cc(C(F)(F)F)c1.O=C(C[n+]1c(CF)ccc2ccccc21)c1ccccc1. The van der Waals surface area contributed by atoms with Gasteiger partial charge < -0.3 is 0 Å². The smallest absolute Gasteiger partial charge is 0.287 e. The Morgan fingerprint density at radius 3 is 0.885 bits per heavy atom. The van der Waals surface area contributed by atoms with Crippen LogP contribution in [0.4, 0.5) is 110 Å². The fourth-order valence-electron chi connectivity index (χ4n) is 8.54. The number of ketones is 1. The molecule has 7 rings (SSSR count). The lowest BCUT2D eigenvalue weighted by Crippen LogP contribution is -2.75. The van der Waals surface area contributed by atoms with Crippen LogP contribution in [0.3, 0.4) is 0 Å². The Balaban J connectivity index is 0.000000387. The molecule has 1 aromatic heterocycles. The van der Waals surface area contributed by atoms with E-state index in [2.05, 4.69) is 0 Å². The lowest BCUT2D eigenvalue weighted by Gasteiger charge is -2.46. The minimum Gasteiger partial charge on any atom is -0.287 e. The van der Waals surface area contributed by atoms with E-state index in [1.807, 2.05) is 48.5 Å². The molecule has 0 aliphatic heterocycles. The van der Waals surface area contributed by atoms with Crippen molar-refractivity contribution >= 4 is 44.7 Å². The van der Waals surface area contributed by atoms with Gasteiger partial charge in [0.05, 0.1) is 44.5 Å². The molecule has 0 radical (unpaired) electrons. The van der Waals surface area contributed by atoms with Gasteiger partial charge in [0.1, 0.15) is 6.15 Å². The number of fused-ring (bicyclic) bond motifs is 1. The molecule has 0 aliphatic rings. The van der Waals surface area contributed by atoms with E-state index in [0.29, 0.717) is 11.3 Å². The molecule has 0 amide bonds. The summed E-state index contributed by atoms with van der Waals surface area (Å²) in [6, 6.07) is 11.6. The third-order valence-electron chi connectivity index (χ3n) is 12.0. The number of benzene rings is 6. The Morgan fingerprint density at radius 1 is 0.346 bits per heavy atom. The van der Waals surface area contributed by atoms with Crippen molar-refractivity contribution in [2.24, 2.45) is 0 Å². The van der Waals surface area contributed by atoms with Gasteiger partial charge in [0.25, 0.3) is 0 Å². The Morgan fingerprint density at radius 2 is 0.615 bits per heavy atom. The van der Waals surface area contributed by atoms with Gasteiger partial charge in [0.2, 0.25) is 23.5 Å². The molecule has 0 N–H and O–H groups in total. The molecule has 0 aliphatic carbocycles. The summed E-state index contributed by atoms with van der Waals surface area (Å²) in [5, 5.41) is 0.996. The molecule has 1 heterocycles. The van der Waals surface area contributed by atoms with Gasteiger partial charge in [-0.05, 0) is 36.4 Å². The van der Waals surface area contributed by atoms with Gasteiger partial charge in [-0.3, -0.25) is 4.79 Å². The Kier molecular flexibility index (Phi) is 16.0. The molecule has 0 fully saturated rings. The first-order chi connectivity index (χ1) is 35.6. The molecule has 0 spiro atoms. The van der Waals surface area contributed by atoms with Crippen LogP contribution in [0.5, 0.6) is 0 Å². The summed E-state index contributed by atoms with van der Waals surface area (Å²) >= 11 is 0. The van der Waals surface area contributed by atoms with E-state index in [-0.39, 0.29) is 12.3 Å². The number of halogens is 25. The van der Waals surface area contributed by atoms with E-state index >= 15 is 0 Å². The second-order valence-electron chi connectivity index (χ2n) is 17.1. The van der Waals surface area contributed by atoms with Crippen molar-refractivity contribution < 1.29 is 119 Å². The number of para-hydroxylation sites is 1. The zero-order valence-corrected chi connectivity index (χ0v) is 38.1. The maximum Gasteiger partial charge on any atom is 0.416 e. The predicted octanol–water partition coefficient (Wildman–Crippen LogP) is 14.7. The summed E-state index contributed by atoms with van der Waals surface area (Å²) in [5.74, 6) is -0.0216. The number of carbonyl (C=O) groups is 1. The van der Waals surface area contributed by atoms with Crippen molar-refractivity contribution in [3.8, 4) is 0 Å². The number of aromatic nitrogens is 1. The van der Waals surface area contributed by atoms with Crippen molar-refractivity contribution in [2.45, 2.75) is 62.6 Å². The predicted molar refractivity (Wildman–Crippen MR) is 230 cm³/mol. The molecule has 0 saturated heterocycles. The number of nitrogens with zero attached hydrogens (tertiary/aromatic N) is 1. The van der Waals surface area contributed by atoms with Gasteiger partial charge in [0.15, 0.2) is 6.67 Å². The van der Waals surface area contributed by atoms with Crippen LogP contribution in [-0.4, -0.2) is 11.9 Å². The summed E-state index contributed by atoms with van der Waals surface area (Å²) in [5.41, 5.74) is -28.2. The van der Waals surface area contributed by atoms with Crippen molar-refractivity contribution in [3.63, 3.8) is 0 Å². The van der Waals surface area contributed by atoms with Crippen LogP contribution in [0.15, 0.2) is 140 Å². The summed E-state index contributed by atoms with van der Waals surface area (Å²) in [7, 11) is 0. The maximum absolute atomic E-state index is 14.2. The minimum absolute atomic E-state index is 0.0216. The third-order valence-corrected chi connectivity index (χ3v) is 12.0. The van der Waals surface area contributed by atoms with Gasteiger partial charge in [0, 0.05) is 23.1 Å². The van der Waals surface area contributed by atoms with Crippen molar-refractivity contribution in [1.29, 1.82) is 0 Å². The zero-order valence-electron chi connectivity index (χ0n) is 38.1. The standard InChI is InChI=1S/C32H12BF24.C18H15FNO/c34-25(35,36)13-1-14(26(37,38)39)6-21(5-13)33(22-7-15(27(40,41)42)2-16(8-22)28(43,44)45,23-9-17(29(46,47)48)3-18(10-23)30(49,50)51)24-11-19(31(52,53)54)4-20(12-24)32(55,56)57;19-12-16-11-10-14-6-4-5-9-17(14)20(16)13-18(21)15-7-2-1-3-8-15/h1-12H;1-11H,12-13H2/q-1;+1. The largest absolute Gasteiger partial charge is 0.416 e. The second-order valence-corrected chi connectivity index (χ2v) is 17.1. The first-order valence-corrected chi connectivity index (χ1v) is 21.5. The summed E-state index contributed by atoms with van der Waals surface area (Å²) in [6.07, 6.45) is -54.8. The number of rotatable bonds is 8. The molecule has 78 heavy (non-hydrogen) atoms. The quantitative estimate of drug-likeness (QED) is 0.0643. The highest BCUT2D eigenvalue weighted by molar-refractivity contribution is 7.20. The number of Topliss-reactive ketones (excluding diaryl/α,β-unsaturated/α-hetero) is 1. The molecule has 0 unspecified atom stereocenters. The number of hydrogen-bond donors (Lipinski definition) is 0. The highest BCUT2D eigenvalue weighted by atomic mass is 19.4. The molecule has 0 bridgehead atoms. The zero-order chi connectivity index (χ0) is 58.6. The molecule has 7 aromatic rings. The number of alkyl halides is 25. The maximum atomic E-state index is 14.2. The monoisotopic (exact) mass is 1140 g/mol. The van der Waals surface area contributed by atoms with Crippen LogP contribution >= 0.6 is 0 Å². The first kappa shape index (κ1) is 60.0. The lowest BCUT2D eigenvalue weighted by atomic mass is 9.12. The van der Waals surface area contributed by atoms with Crippen molar-refractivity contribution in [2.75, 3.05) is 0 Å². The van der Waals surface area contributed by atoms with Crippen LogP contribution in [0.1, 0.15) is 60.6 Å². The third kappa shape index (κ3) is 13.2. The van der Waals surface area contributed by atoms with Crippen molar-refractivity contribution in [1.82, 2.24) is 0 Å². The highest BCUT2D eigenvalue weighted by Gasteiger charge is 2.47. The molecule has 0 saturated carbocycles. The van der Waals surface area contributed by atoms with Gasteiger partial charge in [-0.2, -0.15) is 132 Å². The summed E-state index contributed by atoms with van der Waals surface area (Å²) in [6.45, 7) is -0.447. The van der Waals surface area contributed by atoms with E-state index in [0.717, 1.165) is 10.9 Å². The second kappa shape index (κ2) is 20.8. The lowest BCUT2D eigenvalue weighted by molar-refractivity contribution is -0.666. The molecular weight excluding hydrogens is 1120 g/mol. The van der Waals surface area contributed by atoms with E-state index in [1.54, 1.807) is 22.8 Å². The fourth-order valence-corrected chi connectivity index (χ4v) is 8.54. The molecule has 416 valence electrons. The van der Waals surface area contributed by atoms with Crippen LogP contribution < -0.4 is 26.4 Å². The Hall–Kier alpha value is -7.29. The van der Waals surface area contributed by atoms with Crippen LogP contribution in [0.25, 0.3) is 10.9 Å². The van der Waals surface area contributed by atoms with Crippen molar-refractivity contribution in [3.05, 3.63) is 195 Å². The topological polar surface area (TPSA) is 20.9 Å². The fraction of sp³-hybridized carbons (Fsp3) is 0.200. The van der Waals surface area contributed by atoms with E-state index < -0.39 is 201 Å². The van der Waals surface area contributed by atoms with Gasteiger partial charge in [-0.15, -0.1) is 0 Å². The van der Waals surface area contributed by atoms with Crippen LogP contribution in [-0.2, 0) is 62.6 Å². The first-order valence-electron chi connectivity index (χ1n) is 21.5. The minimum atomic E-state index is -6.13. The van der Waals surface area contributed by atoms with Crippen LogP contribution in [0.2, 0.25) is 0 Å². The molecule has 28 heteroatoms. The molecule has 6 aromatic carbocycles. The number of pyridine rings is 1. The van der Waals surface area contributed by atoms with Crippen LogP contribution in [0, 0.1) is 0 Å². The Bertz CT molecular complexity index is 2890. The average molecular weight is 1140 g/mol. The van der Waals surface area contributed by atoms with E-state index in [9.17, 15) is 115 Å². The van der Waals surface area contributed by atoms with Gasteiger partial charge in [-0.25, -0.2) is 4.39 Å². The number of hydrogen-bond acceptors (Lipinski definition) is 1. The van der Waals surface area contributed by atoms with E-state index in [1.165, 1.54) is 0 Å². The van der Waals surface area contributed by atoms with Gasteiger partial charge in [-0.1, -0.05) is 91.0 Å². The summed E-state index contributed by atoms with van der Waals surface area (Å²) < 4.78 is 356. The average Bonchev–Trinajstić information content (AvgIpc) is 3.37. The highest BCUT2D eigenvalue weighted by Crippen LogP contribution is 2.41. The van der Waals surface area contributed by atoms with Gasteiger partial charge >= 0.3 is 49.4 Å². The summed E-state index contributed by atoms with van der Waals surface area (Å²) in [4.78, 5) is 12.4. The van der Waals surface area contributed by atoms with E-state index in [4.69, 9.17) is 0 Å². The number of carbonyl (C=O) groups excluding carboxylic acids is 1. The molecular formula is C50H27BF25NO. The Labute approximate surface area is 421 Å².